The number of hydrogen-bond donors (Lipinski definition) is 2. The van der Waals surface area contributed by atoms with Crippen LogP contribution in [0.4, 0.5) is 5.69 Å². The Kier molecular flexibility index (Phi) is 5.83. The predicted octanol–water partition coefficient (Wildman–Crippen LogP) is 0.618. The molecule has 1 aromatic rings. The van der Waals surface area contributed by atoms with Crippen LogP contribution in [-0.2, 0) is 9.53 Å². The molecule has 5 nitrogen and oxygen atoms in total. The van der Waals surface area contributed by atoms with Crippen LogP contribution in [0.3, 0.4) is 0 Å². The second-order valence-electron chi connectivity index (χ2n) is 4.97. The number of rotatable bonds is 6. The van der Waals surface area contributed by atoms with Crippen molar-refractivity contribution >= 4 is 11.6 Å². The molecule has 1 fully saturated rings. The minimum Gasteiger partial charge on any atom is -0.375 e. The second-order valence-corrected chi connectivity index (χ2v) is 4.97. The van der Waals surface area contributed by atoms with Crippen molar-refractivity contribution in [1.82, 2.24) is 10.6 Å². The van der Waals surface area contributed by atoms with E-state index in [1.54, 1.807) is 0 Å². The zero-order valence-electron chi connectivity index (χ0n) is 12.0. The van der Waals surface area contributed by atoms with Gasteiger partial charge in [-0.05, 0) is 18.6 Å². The molecule has 0 radical (unpaired) electrons. The molecular formula is C15H23N3O2. The molecule has 0 saturated carbocycles. The van der Waals surface area contributed by atoms with Gasteiger partial charge in [0.25, 0.3) is 0 Å². The third kappa shape index (κ3) is 4.51. The van der Waals surface area contributed by atoms with Gasteiger partial charge in [-0.3, -0.25) is 4.79 Å². The van der Waals surface area contributed by atoms with E-state index in [1.165, 1.54) is 5.69 Å². The van der Waals surface area contributed by atoms with Gasteiger partial charge in [0.2, 0.25) is 5.91 Å². The van der Waals surface area contributed by atoms with E-state index < -0.39 is 0 Å². The minimum atomic E-state index is -0.337. The van der Waals surface area contributed by atoms with E-state index in [0.717, 1.165) is 19.5 Å². The summed E-state index contributed by atoms with van der Waals surface area (Å²) in [6.07, 6.45) is 0.577. The summed E-state index contributed by atoms with van der Waals surface area (Å²) in [6.45, 7) is 3.63. The number of nitrogens with zero attached hydrogens (tertiary/aromatic N) is 1. The molecule has 0 bridgehead atoms. The molecule has 2 rings (SSSR count). The standard InChI is InChI=1S/C15H23N3O2/c1-18(13-6-3-2-4-7-13)10-5-8-17-15(19)14-12-16-9-11-20-14/h2-4,6-7,14,16H,5,8-12H2,1H3,(H,17,19)/t14-/m1/s1. The Labute approximate surface area is 120 Å². The van der Waals surface area contributed by atoms with Crippen molar-refractivity contribution in [2.75, 3.05) is 44.7 Å². The first-order chi connectivity index (χ1) is 9.77. The summed E-state index contributed by atoms with van der Waals surface area (Å²) >= 11 is 0. The lowest BCUT2D eigenvalue weighted by atomic mass is 10.2. The van der Waals surface area contributed by atoms with Crippen LogP contribution in [0.5, 0.6) is 0 Å². The highest BCUT2D eigenvalue weighted by Crippen LogP contribution is 2.10. The Hall–Kier alpha value is -1.59. The highest BCUT2D eigenvalue weighted by molar-refractivity contribution is 5.81. The van der Waals surface area contributed by atoms with E-state index in [-0.39, 0.29) is 12.0 Å². The van der Waals surface area contributed by atoms with Crippen LogP contribution >= 0.6 is 0 Å². The lowest BCUT2D eigenvalue weighted by Gasteiger charge is -2.23. The molecule has 20 heavy (non-hydrogen) atoms. The van der Waals surface area contributed by atoms with E-state index in [9.17, 15) is 4.79 Å². The van der Waals surface area contributed by atoms with Gasteiger partial charge in [-0.2, -0.15) is 0 Å². The van der Waals surface area contributed by atoms with Crippen molar-refractivity contribution in [3.05, 3.63) is 30.3 Å². The van der Waals surface area contributed by atoms with Gasteiger partial charge in [-0.1, -0.05) is 18.2 Å². The number of nitrogens with one attached hydrogen (secondary N) is 2. The quantitative estimate of drug-likeness (QED) is 0.748. The number of amides is 1. The van der Waals surface area contributed by atoms with Crippen LogP contribution < -0.4 is 15.5 Å². The lowest BCUT2D eigenvalue weighted by molar-refractivity contribution is -0.134. The zero-order chi connectivity index (χ0) is 14.2. The SMILES string of the molecule is CN(CCCNC(=O)[C@H]1CNCCO1)c1ccccc1. The smallest absolute Gasteiger partial charge is 0.250 e. The molecule has 2 N–H and O–H groups in total. The average molecular weight is 277 g/mol. The van der Waals surface area contributed by atoms with Crippen molar-refractivity contribution in [2.45, 2.75) is 12.5 Å². The van der Waals surface area contributed by atoms with Crippen molar-refractivity contribution < 1.29 is 9.53 Å². The van der Waals surface area contributed by atoms with E-state index in [4.69, 9.17) is 4.74 Å². The van der Waals surface area contributed by atoms with Crippen LogP contribution in [-0.4, -0.2) is 51.8 Å². The molecule has 0 spiro atoms. The summed E-state index contributed by atoms with van der Waals surface area (Å²) in [5.41, 5.74) is 1.19. The maximum Gasteiger partial charge on any atom is 0.250 e. The van der Waals surface area contributed by atoms with E-state index in [1.807, 2.05) is 18.2 Å². The molecule has 1 aliphatic rings. The van der Waals surface area contributed by atoms with Crippen molar-refractivity contribution in [2.24, 2.45) is 0 Å². The molecule has 1 saturated heterocycles. The van der Waals surface area contributed by atoms with E-state index >= 15 is 0 Å². The fourth-order valence-electron chi connectivity index (χ4n) is 2.19. The first kappa shape index (κ1) is 14.8. The predicted molar refractivity (Wildman–Crippen MR) is 79.9 cm³/mol. The monoisotopic (exact) mass is 277 g/mol. The average Bonchev–Trinajstić information content (AvgIpc) is 2.53. The number of carbonyl (C=O) groups excluding carboxylic acids is 1. The number of anilines is 1. The molecule has 1 atom stereocenters. The van der Waals surface area contributed by atoms with Crippen molar-refractivity contribution in [1.29, 1.82) is 0 Å². The molecule has 1 aliphatic heterocycles. The number of carbonyl (C=O) groups is 1. The summed E-state index contributed by atoms with van der Waals surface area (Å²) < 4.78 is 5.40. The van der Waals surface area contributed by atoms with Gasteiger partial charge in [0, 0.05) is 38.9 Å². The van der Waals surface area contributed by atoms with Crippen LogP contribution in [0, 0.1) is 0 Å². The fourth-order valence-corrected chi connectivity index (χ4v) is 2.19. The number of para-hydroxylation sites is 1. The minimum absolute atomic E-state index is 0.0143. The summed E-state index contributed by atoms with van der Waals surface area (Å²) in [6, 6.07) is 10.2. The van der Waals surface area contributed by atoms with Crippen LogP contribution in [0.15, 0.2) is 30.3 Å². The van der Waals surface area contributed by atoms with Crippen LogP contribution in [0.1, 0.15) is 6.42 Å². The van der Waals surface area contributed by atoms with Crippen molar-refractivity contribution in [3.8, 4) is 0 Å². The van der Waals surface area contributed by atoms with Gasteiger partial charge >= 0.3 is 0 Å². The summed E-state index contributed by atoms with van der Waals surface area (Å²) in [5, 5.41) is 6.08. The molecule has 0 aromatic heterocycles. The Morgan fingerprint density at radius 1 is 1.45 bits per heavy atom. The Bertz CT molecular complexity index is 405. The van der Waals surface area contributed by atoms with E-state index in [0.29, 0.717) is 19.7 Å². The number of ether oxygens (including phenoxy) is 1. The molecule has 1 aromatic carbocycles. The van der Waals surface area contributed by atoms with Crippen LogP contribution in [0.25, 0.3) is 0 Å². The summed E-state index contributed by atoms with van der Waals surface area (Å²) in [5.74, 6) is -0.0143. The topological polar surface area (TPSA) is 53.6 Å². The molecule has 1 heterocycles. The maximum absolute atomic E-state index is 11.8. The molecular weight excluding hydrogens is 254 g/mol. The first-order valence-corrected chi connectivity index (χ1v) is 7.13. The Balaban J connectivity index is 1.62. The molecule has 110 valence electrons. The van der Waals surface area contributed by atoms with Gasteiger partial charge in [-0.15, -0.1) is 0 Å². The lowest BCUT2D eigenvalue weighted by Crippen LogP contribution is -2.48. The van der Waals surface area contributed by atoms with Crippen LogP contribution in [0.2, 0.25) is 0 Å². The Morgan fingerprint density at radius 2 is 2.25 bits per heavy atom. The third-order valence-corrected chi connectivity index (χ3v) is 3.39. The van der Waals surface area contributed by atoms with E-state index in [2.05, 4.69) is 34.7 Å². The zero-order valence-corrected chi connectivity index (χ0v) is 12.0. The largest absolute Gasteiger partial charge is 0.375 e. The first-order valence-electron chi connectivity index (χ1n) is 7.13. The number of morpholine rings is 1. The fraction of sp³-hybridized carbons (Fsp3) is 0.533. The van der Waals surface area contributed by atoms with Gasteiger partial charge in [-0.25, -0.2) is 0 Å². The molecule has 0 aliphatic carbocycles. The molecule has 5 heteroatoms. The highest BCUT2D eigenvalue weighted by atomic mass is 16.5. The second kappa shape index (κ2) is 7.87. The Morgan fingerprint density at radius 3 is 2.95 bits per heavy atom. The van der Waals surface area contributed by atoms with Gasteiger partial charge in [0.05, 0.1) is 6.61 Å². The number of benzene rings is 1. The van der Waals surface area contributed by atoms with Crippen molar-refractivity contribution in [3.63, 3.8) is 0 Å². The number of hydrogen-bond acceptors (Lipinski definition) is 4. The summed E-state index contributed by atoms with van der Waals surface area (Å²) in [4.78, 5) is 14.0. The third-order valence-electron chi connectivity index (χ3n) is 3.39. The summed E-state index contributed by atoms with van der Waals surface area (Å²) in [7, 11) is 2.06. The molecule has 0 unspecified atom stereocenters. The normalized spacial score (nSPS) is 18.6. The van der Waals surface area contributed by atoms with Gasteiger partial charge in [0.15, 0.2) is 0 Å². The molecule has 1 amide bonds. The van der Waals surface area contributed by atoms with Gasteiger partial charge < -0.3 is 20.3 Å². The highest BCUT2D eigenvalue weighted by Gasteiger charge is 2.20. The van der Waals surface area contributed by atoms with Gasteiger partial charge in [0.1, 0.15) is 6.10 Å². The maximum atomic E-state index is 11.8.